The summed E-state index contributed by atoms with van der Waals surface area (Å²) in [6.45, 7) is 4.51. The van der Waals surface area contributed by atoms with Crippen molar-refractivity contribution >= 4 is 10.0 Å². The van der Waals surface area contributed by atoms with E-state index in [2.05, 4.69) is 11.2 Å². The summed E-state index contributed by atoms with van der Waals surface area (Å²) in [5.74, 6) is 3.37. The second-order valence-electron chi connectivity index (χ2n) is 4.21. The summed E-state index contributed by atoms with van der Waals surface area (Å²) in [4.78, 5) is 0.196. The number of aryl methyl sites for hydroxylation is 1. The van der Waals surface area contributed by atoms with Crippen LogP contribution < -0.4 is 5.32 Å². The summed E-state index contributed by atoms with van der Waals surface area (Å²) in [7, 11) is -1.81. The van der Waals surface area contributed by atoms with Gasteiger partial charge >= 0.3 is 0 Å². The molecular weight excluding hydrogens is 264 g/mol. The molecule has 0 saturated carbocycles. The molecule has 0 spiro atoms. The van der Waals surface area contributed by atoms with E-state index >= 15 is 0 Å². The number of nitrogens with one attached hydrogen (secondary N) is 1. The Balaban J connectivity index is 3.14. The van der Waals surface area contributed by atoms with E-state index in [1.165, 1.54) is 4.31 Å². The third-order valence-electron chi connectivity index (χ3n) is 2.63. The second-order valence-corrected chi connectivity index (χ2v) is 6.11. The summed E-state index contributed by atoms with van der Waals surface area (Å²) in [6, 6.07) is 1.56. The van der Waals surface area contributed by atoms with Crippen molar-refractivity contribution in [1.29, 1.82) is 0 Å². The zero-order valence-corrected chi connectivity index (χ0v) is 12.4. The van der Waals surface area contributed by atoms with Crippen molar-refractivity contribution in [2.45, 2.75) is 31.7 Å². The Morgan fingerprint density at radius 2 is 2.21 bits per heavy atom. The van der Waals surface area contributed by atoms with Crippen molar-refractivity contribution in [3.8, 4) is 12.3 Å². The largest absolute Gasteiger partial charge is 0.464 e. The topological polar surface area (TPSA) is 62.6 Å². The van der Waals surface area contributed by atoms with Gasteiger partial charge in [-0.1, -0.05) is 12.8 Å². The Morgan fingerprint density at radius 1 is 1.53 bits per heavy atom. The molecule has 19 heavy (non-hydrogen) atoms. The fraction of sp³-hybridized carbons (Fsp3) is 0.538. The van der Waals surface area contributed by atoms with E-state index in [0.717, 1.165) is 0 Å². The summed E-state index contributed by atoms with van der Waals surface area (Å²) < 4.78 is 31.7. The van der Waals surface area contributed by atoms with Gasteiger partial charge in [0.15, 0.2) is 0 Å². The zero-order chi connectivity index (χ0) is 14.5. The fourth-order valence-corrected chi connectivity index (χ4v) is 3.45. The van der Waals surface area contributed by atoms with Gasteiger partial charge in [0, 0.05) is 12.6 Å². The third kappa shape index (κ3) is 3.60. The Hall–Kier alpha value is -1.29. The lowest BCUT2D eigenvalue weighted by Crippen LogP contribution is -2.32. The van der Waals surface area contributed by atoms with Gasteiger partial charge in [0.1, 0.15) is 16.4 Å². The molecule has 1 aromatic rings. The molecule has 1 heterocycles. The van der Waals surface area contributed by atoms with E-state index in [-0.39, 0.29) is 11.4 Å². The van der Waals surface area contributed by atoms with Crippen molar-refractivity contribution in [3.05, 3.63) is 17.6 Å². The van der Waals surface area contributed by atoms with Crippen LogP contribution in [0.2, 0.25) is 0 Å². The van der Waals surface area contributed by atoms with E-state index in [1.54, 1.807) is 20.0 Å². The molecule has 0 bridgehead atoms. The molecule has 1 N–H and O–H groups in total. The van der Waals surface area contributed by atoms with Gasteiger partial charge in [-0.05, 0) is 20.4 Å². The first-order valence-electron chi connectivity index (χ1n) is 6.14. The Labute approximate surface area is 115 Å². The van der Waals surface area contributed by atoms with Crippen LogP contribution in [0.15, 0.2) is 15.4 Å². The van der Waals surface area contributed by atoms with Crippen molar-refractivity contribution in [3.63, 3.8) is 0 Å². The first-order valence-corrected chi connectivity index (χ1v) is 7.58. The van der Waals surface area contributed by atoms with Crippen LogP contribution in [0, 0.1) is 19.3 Å². The summed E-state index contributed by atoms with van der Waals surface area (Å²) >= 11 is 0. The maximum atomic E-state index is 12.5. The van der Waals surface area contributed by atoms with Crippen LogP contribution in [0.1, 0.15) is 24.9 Å². The smallest absolute Gasteiger partial charge is 0.247 e. The average Bonchev–Trinajstić information content (AvgIpc) is 2.71. The molecule has 0 unspecified atom stereocenters. The lowest BCUT2D eigenvalue weighted by Gasteiger charge is -2.18. The summed E-state index contributed by atoms with van der Waals surface area (Å²) in [6.07, 6.45) is 5.95. The highest BCUT2D eigenvalue weighted by Crippen LogP contribution is 2.23. The van der Waals surface area contributed by atoms with Crippen molar-refractivity contribution < 1.29 is 12.8 Å². The molecule has 0 fully saturated rings. The minimum atomic E-state index is -3.58. The molecule has 0 aliphatic heterocycles. The molecule has 0 aliphatic carbocycles. The van der Waals surface area contributed by atoms with Crippen molar-refractivity contribution in [1.82, 2.24) is 9.62 Å². The monoisotopic (exact) mass is 284 g/mol. The van der Waals surface area contributed by atoms with Crippen LogP contribution in [0.25, 0.3) is 0 Å². The predicted octanol–water partition coefficient (Wildman–Crippen LogP) is 1.34. The molecule has 106 valence electrons. The highest BCUT2D eigenvalue weighted by atomic mass is 32.2. The fourth-order valence-electron chi connectivity index (χ4n) is 1.82. The van der Waals surface area contributed by atoms with Crippen LogP contribution in [0.4, 0.5) is 0 Å². The van der Waals surface area contributed by atoms with Crippen molar-refractivity contribution in [2.75, 3.05) is 20.1 Å². The normalized spacial score (nSPS) is 11.7. The highest BCUT2D eigenvalue weighted by molar-refractivity contribution is 7.89. The maximum absolute atomic E-state index is 12.5. The van der Waals surface area contributed by atoms with Crippen LogP contribution >= 0.6 is 0 Å². The number of furan rings is 1. The van der Waals surface area contributed by atoms with Crippen LogP contribution in [0.5, 0.6) is 0 Å². The van der Waals surface area contributed by atoms with Crippen LogP contribution in [-0.2, 0) is 16.6 Å². The van der Waals surface area contributed by atoms with Crippen molar-refractivity contribution in [2.24, 2.45) is 0 Å². The maximum Gasteiger partial charge on any atom is 0.247 e. The number of terminal acetylenes is 1. The summed E-state index contributed by atoms with van der Waals surface area (Å²) in [5, 5.41) is 2.92. The number of sulfonamides is 1. The third-order valence-corrected chi connectivity index (χ3v) is 4.59. The highest BCUT2D eigenvalue weighted by Gasteiger charge is 2.27. The molecule has 0 atom stereocenters. The molecule has 6 heteroatoms. The lowest BCUT2D eigenvalue weighted by molar-refractivity contribution is 0.439. The van der Waals surface area contributed by atoms with Crippen LogP contribution in [-0.4, -0.2) is 32.9 Å². The lowest BCUT2D eigenvalue weighted by atomic mass is 10.4. The number of nitrogens with zero attached hydrogens (tertiary/aromatic N) is 1. The molecule has 1 rings (SSSR count). The van der Waals surface area contributed by atoms with Gasteiger partial charge in [0.25, 0.3) is 0 Å². The first-order chi connectivity index (χ1) is 8.97. The second kappa shape index (κ2) is 6.75. The standard InChI is InChI=1S/C13H20N2O3S/c1-5-7-15(8-6-2)19(16,17)13-9-12(10-14-4)18-11(13)3/h1,9,14H,6-8,10H2,2-4H3. The Kier molecular flexibility index (Phi) is 5.60. The van der Waals surface area contributed by atoms with Gasteiger partial charge in [-0.15, -0.1) is 6.42 Å². The number of hydrogen-bond acceptors (Lipinski definition) is 4. The van der Waals surface area contributed by atoms with Gasteiger partial charge in [-0.2, -0.15) is 4.31 Å². The molecular formula is C13H20N2O3S. The van der Waals surface area contributed by atoms with Gasteiger partial charge in [-0.3, -0.25) is 0 Å². The summed E-state index contributed by atoms with van der Waals surface area (Å²) in [5.41, 5.74) is 0. The first kappa shape index (κ1) is 15.8. The molecule has 0 radical (unpaired) electrons. The van der Waals surface area contributed by atoms with Crippen LogP contribution in [0.3, 0.4) is 0 Å². The van der Waals surface area contributed by atoms with E-state index in [1.807, 2.05) is 6.92 Å². The Bertz CT molecular complexity index is 555. The quantitative estimate of drug-likeness (QED) is 0.768. The zero-order valence-electron chi connectivity index (χ0n) is 11.6. The van der Waals surface area contributed by atoms with Gasteiger partial charge < -0.3 is 9.73 Å². The average molecular weight is 284 g/mol. The SMILES string of the molecule is C#CCN(CCC)S(=O)(=O)c1cc(CNC)oc1C. The van der Waals surface area contributed by atoms with E-state index in [9.17, 15) is 8.42 Å². The van der Waals surface area contributed by atoms with E-state index < -0.39 is 10.0 Å². The number of rotatable bonds is 7. The van der Waals surface area contributed by atoms with E-state index in [4.69, 9.17) is 10.8 Å². The molecule has 0 saturated heterocycles. The minimum Gasteiger partial charge on any atom is -0.464 e. The Morgan fingerprint density at radius 3 is 2.74 bits per heavy atom. The minimum absolute atomic E-state index is 0.0716. The molecule has 1 aromatic heterocycles. The number of hydrogen-bond donors (Lipinski definition) is 1. The van der Waals surface area contributed by atoms with Gasteiger partial charge in [0.05, 0.1) is 13.1 Å². The molecule has 0 aliphatic rings. The van der Waals surface area contributed by atoms with Gasteiger partial charge in [0.2, 0.25) is 10.0 Å². The van der Waals surface area contributed by atoms with E-state index in [0.29, 0.717) is 31.0 Å². The molecule has 5 nitrogen and oxygen atoms in total. The van der Waals surface area contributed by atoms with Gasteiger partial charge in [-0.25, -0.2) is 8.42 Å². The molecule has 0 amide bonds. The molecule has 0 aromatic carbocycles. The predicted molar refractivity (Wildman–Crippen MR) is 74.1 cm³/mol.